The van der Waals surface area contributed by atoms with Gasteiger partial charge in [-0.15, -0.1) is 0 Å². The molecule has 2 aromatic heterocycles. The Morgan fingerprint density at radius 1 is 1.63 bits per heavy atom. The molecule has 2 rings (SSSR count). The maximum Gasteiger partial charge on any atom is 0.162 e. The molecule has 19 heavy (non-hydrogen) atoms. The van der Waals surface area contributed by atoms with Crippen LogP contribution in [0.25, 0.3) is 0 Å². The fraction of sp³-hybridized carbons (Fsp3) is 0.333. The Morgan fingerprint density at radius 2 is 2.42 bits per heavy atom. The number of hydrogen-bond acceptors (Lipinski definition) is 6. The van der Waals surface area contributed by atoms with Crippen molar-refractivity contribution in [2.45, 2.75) is 6.04 Å². The fourth-order valence-electron chi connectivity index (χ4n) is 1.70. The highest BCUT2D eigenvalue weighted by atomic mass is 35.5. The van der Waals surface area contributed by atoms with E-state index in [0.717, 1.165) is 5.76 Å². The second-order valence-corrected chi connectivity index (χ2v) is 5.30. The number of nitrogens with one attached hydrogen (secondary N) is 1. The molecule has 0 saturated carbocycles. The van der Waals surface area contributed by atoms with Crippen LogP contribution in [0.5, 0.6) is 0 Å². The van der Waals surface area contributed by atoms with Crippen LogP contribution in [-0.2, 0) is 0 Å². The fourth-order valence-corrected chi connectivity index (χ4v) is 2.64. The summed E-state index contributed by atoms with van der Waals surface area (Å²) in [4.78, 5) is 2.04. The van der Waals surface area contributed by atoms with Crippen molar-refractivity contribution < 1.29 is 4.42 Å². The van der Waals surface area contributed by atoms with Crippen molar-refractivity contribution in [3.8, 4) is 6.07 Å². The predicted octanol–water partition coefficient (Wildman–Crippen LogP) is 2.98. The van der Waals surface area contributed by atoms with E-state index in [1.165, 1.54) is 11.5 Å². The molecule has 0 saturated heterocycles. The Bertz CT molecular complexity index is 573. The molecule has 7 heteroatoms. The van der Waals surface area contributed by atoms with E-state index >= 15 is 0 Å². The second-order valence-electron chi connectivity index (χ2n) is 4.17. The molecule has 100 valence electrons. The number of furan rings is 1. The molecule has 0 amide bonds. The summed E-state index contributed by atoms with van der Waals surface area (Å²) in [7, 11) is 3.94. The van der Waals surface area contributed by atoms with Crippen LogP contribution in [0.4, 0.5) is 5.00 Å². The summed E-state index contributed by atoms with van der Waals surface area (Å²) in [6, 6.07) is 5.90. The third-order valence-corrected chi connectivity index (χ3v) is 3.89. The van der Waals surface area contributed by atoms with E-state index in [9.17, 15) is 0 Å². The molecule has 0 spiro atoms. The lowest BCUT2D eigenvalue weighted by Gasteiger charge is -2.22. The van der Waals surface area contributed by atoms with Gasteiger partial charge >= 0.3 is 0 Å². The molecule has 0 aliphatic carbocycles. The van der Waals surface area contributed by atoms with Gasteiger partial charge in [0, 0.05) is 6.54 Å². The zero-order chi connectivity index (χ0) is 13.8. The zero-order valence-electron chi connectivity index (χ0n) is 10.6. The normalized spacial score (nSPS) is 12.4. The van der Waals surface area contributed by atoms with E-state index in [0.29, 0.717) is 17.1 Å². The first-order valence-corrected chi connectivity index (χ1v) is 6.77. The Labute approximate surface area is 120 Å². The number of hydrogen-bond donors (Lipinski definition) is 1. The van der Waals surface area contributed by atoms with E-state index in [1.54, 1.807) is 6.26 Å². The summed E-state index contributed by atoms with van der Waals surface area (Å²) in [5.41, 5.74) is 0.392. The van der Waals surface area contributed by atoms with Crippen LogP contribution in [0.2, 0.25) is 5.15 Å². The van der Waals surface area contributed by atoms with Crippen LogP contribution in [0, 0.1) is 11.3 Å². The van der Waals surface area contributed by atoms with Gasteiger partial charge in [-0.2, -0.15) is 9.64 Å². The van der Waals surface area contributed by atoms with Crippen LogP contribution in [-0.4, -0.2) is 29.9 Å². The van der Waals surface area contributed by atoms with E-state index in [1.807, 2.05) is 37.2 Å². The molecule has 0 unspecified atom stereocenters. The molecule has 5 nitrogen and oxygen atoms in total. The van der Waals surface area contributed by atoms with Gasteiger partial charge in [-0.1, -0.05) is 11.6 Å². The minimum absolute atomic E-state index is 0.0717. The maximum absolute atomic E-state index is 9.01. The van der Waals surface area contributed by atoms with Crippen molar-refractivity contribution in [1.29, 1.82) is 5.26 Å². The number of nitrogens with zero attached hydrogens (tertiary/aromatic N) is 3. The van der Waals surface area contributed by atoms with Crippen LogP contribution in [0.3, 0.4) is 0 Å². The van der Waals surface area contributed by atoms with Crippen LogP contribution >= 0.6 is 23.1 Å². The SMILES string of the molecule is CN(C)[C@@H](CNc1snc(Cl)c1C#N)c1ccco1. The number of halogens is 1. The smallest absolute Gasteiger partial charge is 0.162 e. The van der Waals surface area contributed by atoms with Crippen LogP contribution < -0.4 is 5.32 Å². The number of rotatable bonds is 5. The highest BCUT2D eigenvalue weighted by Crippen LogP contribution is 2.28. The van der Waals surface area contributed by atoms with Crippen molar-refractivity contribution >= 4 is 28.1 Å². The molecule has 0 aliphatic heterocycles. The molecular formula is C12H13ClN4OS. The van der Waals surface area contributed by atoms with Gasteiger partial charge in [-0.05, 0) is 37.8 Å². The lowest BCUT2D eigenvalue weighted by Crippen LogP contribution is -2.26. The van der Waals surface area contributed by atoms with Gasteiger partial charge < -0.3 is 9.73 Å². The van der Waals surface area contributed by atoms with Gasteiger partial charge in [-0.25, -0.2) is 0 Å². The highest BCUT2D eigenvalue weighted by molar-refractivity contribution is 7.10. The van der Waals surface area contributed by atoms with Gasteiger partial charge in [0.1, 0.15) is 22.4 Å². The van der Waals surface area contributed by atoms with Crippen LogP contribution in [0.1, 0.15) is 17.4 Å². The first-order valence-electron chi connectivity index (χ1n) is 5.62. The molecule has 2 heterocycles. The molecule has 1 N–H and O–H groups in total. The van der Waals surface area contributed by atoms with Gasteiger partial charge in [-0.3, -0.25) is 4.90 Å². The molecule has 2 aromatic rings. The molecule has 0 aliphatic rings. The number of nitriles is 1. The van der Waals surface area contributed by atoms with Crippen molar-refractivity contribution in [3.63, 3.8) is 0 Å². The minimum atomic E-state index is 0.0717. The summed E-state index contributed by atoms with van der Waals surface area (Å²) >= 11 is 7.02. The standard InChI is InChI=1S/C12H13ClN4OS/c1-17(2)9(10-4-3-5-18-10)7-15-12-8(6-14)11(13)16-19-12/h3-5,9,15H,7H2,1-2H3/t9-/m0/s1. The molecule has 0 bridgehead atoms. The number of anilines is 1. The third kappa shape index (κ3) is 3.07. The maximum atomic E-state index is 9.01. The Morgan fingerprint density at radius 3 is 3.00 bits per heavy atom. The van der Waals surface area contributed by atoms with E-state index < -0.39 is 0 Å². The Hall–Kier alpha value is -1.55. The Kier molecular flexibility index (Phi) is 4.43. The molecular weight excluding hydrogens is 284 g/mol. The molecule has 0 radical (unpaired) electrons. The highest BCUT2D eigenvalue weighted by Gasteiger charge is 2.18. The summed E-state index contributed by atoms with van der Waals surface area (Å²) in [5.74, 6) is 0.867. The third-order valence-electron chi connectivity index (χ3n) is 2.71. The zero-order valence-corrected chi connectivity index (χ0v) is 12.1. The molecule has 0 aromatic carbocycles. The first-order chi connectivity index (χ1) is 9.13. The number of likely N-dealkylation sites (N-methyl/N-ethyl adjacent to an activating group) is 1. The van der Waals surface area contributed by atoms with E-state index in [4.69, 9.17) is 21.3 Å². The first kappa shape index (κ1) is 13.9. The van der Waals surface area contributed by atoms with Crippen molar-refractivity contribution in [2.24, 2.45) is 0 Å². The average Bonchev–Trinajstić information content (AvgIpc) is 2.99. The van der Waals surface area contributed by atoms with Crippen LogP contribution in [0.15, 0.2) is 22.8 Å². The summed E-state index contributed by atoms with van der Waals surface area (Å²) < 4.78 is 9.38. The lowest BCUT2D eigenvalue weighted by molar-refractivity contribution is 0.269. The molecule has 0 fully saturated rings. The average molecular weight is 297 g/mol. The van der Waals surface area contributed by atoms with Crippen molar-refractivity contribution in [1.82, 2.24) is 9.27 Å². The topological polar surface area (TPSA) is 65.1 Å². The van der Waals surface area contributed by atoms with E-state index in [2.05, 4.69) is 9.69 Å². The summed E-state index contributed by atoms with van der Waals surface area (Å²) in [5, 5.41) is 13.1. The van der Waals surface area contributed by atoms with Crippen molar-refractivity contribution in [2.75, 3.05) is 26.0 Å². The van der Waals surface area contributed by atoms with Gasteiger partial charge in [0.25, 0.3) is 0 Å². The summed E-state index contributed by atoms with van der Waals surface area (Å²) in [6.45, 7) is 0.605. The molecule has 1 atom stereocenters. The lowest BCUT2D eigenvalue weighted by atomic mass is 10.2. The predicted molar refractivity (Wildman–Crippen MR) is 75.5 cm³/mol. The van der Waals surface area contributed by atoms with Gasteiger partial charge in [0.2, 0.25) is 0 Å². The Balaban J connectivity index is 2.10. The monoisotopic (exact) mass is 296 g/mol. The number of aromatic nitrogens is 1. The largest absolute Gasteiger partial charge is 0.468 e. The van der Waals surface area contributed by atoms with Gasteiger partial charge in [0.15, 0.2) is 5.15 Å². The minimum Gasteiger partial charge on any atom is -0.468 e. The quantitative estimate of drug-likeness (QED) is 0.919. The van der Waals surface area contributed by atoms with Crippen molar-refractivity contribution in [3.05, 3.63) is 34.9 Å². The summed E-state index contributed by atoms with van der Waals surface area (Å²) in [6.07, 6.45) is 1.65. The van der Waals surface area contributed by atoms with Gasteiger partial charge in [0.05, 0.1) is 12.3 Å². The second kappa shape index (κ2) is 6.06. The van der Waals surface area contributed by atoms with E-state index in [-0.39, 0.29) is 11.2 Å².